The molecule has 1 amide bonds. The molecule has 1 aromatic rings. The molecule has 0 aliphatic rings. The number of methoxy groups -OCH3 is 2. The maximum atomic E-state index is 11.7. The van der Waals surface area contributed by atoms with Crippen LogP contribution in [0.1, 0.15) is 18.1 Å². The monoisotopic (exact) mass is 350 g/mol. The molecule has 3 N–H and O–H groups in total. The van der Waals surface area contributed by atoms with E-state index in [1.807, 2.05) is 19.9 Å². The molecule has 0 saturated heterocycles. The lowest BCUT2D eigenvalue weighted by Gasteiger charge is -2.12. The van der Waals surface area contributed by atoms with Gasteiger partial charge in [0.15, 0.2) is 5.96 Å². The van der Waals surface area contributed by atoms with Gasteiger partial charge in [-0.15, -0.1) is 0 Å². The molecule has 0 heterocycles. The number of hydrogen-bond acceptors (Lipinski definition) is 4. The Morgan fingerprint density at radius 3 is 2.64 bits per heavy atom. The van der Waals surface area contributed by atoms with Crippen molar-refractivity contribution in [3.8, 4) is 5.75 Å². The molecule has 140 valence electrons. The minimum absolute atomic E-state index is 0.0808. The van der Waals surface area contributed by atoms with E-state index >= 15 is 0 Å². The van der Waals surface area contributed by atoms with Gasteiger partial charge in [-0.2, -0.15) is 0 Å². The highest BCUT2D eigenvalue weighted by atomic mass is 16.5. The van der Waals surface area contributed by atoms with Gasteiger partial charge in [0.2, 0.25) is 5.91 Å². The number of nitrogens with one attached hydrogen (secondary N) is 3. The van der Waals surface area contributed by atoms with Crippen molar-refractivity contribution in [2.24, 2.45) is 4.99 Å². The summed E-state index contributed by atoms with van der Waals surface area (Å²) in [5, 5.41) is 9.11. The van der Waals surface area contributed by atoms with Gasteiger partial charge in [0, 0.05) is 26.7 Å². The molecule has 0 aliphatic carbocycles. The van der Waals surface area contributed by atoms with Gasteiger partial charge in [0.25, 0.3) is 0 Å². The maximum Gasteiger partial charge on any atom is 0.241 e. The van der Waals surface area contributed by atoms with E-state index < -0.39 is 0 Å². The van der Waals surface area contributed by atoms with Crippen LogP contribution in [0.3, 0.4) is 0 Å². The molecule has 0 saturated carbocycles. The van der Waals surface area contributed by atoms with Gasteiger partial charge in [-0.05, 0) is 37.5 Å². The van der Waals surface area contributed by atoms with Gasteiger partial charge in [-0.3, -0.25) is 4.79 Å². The van der Waals surface area contributed by atoms with Crippen LogP contribution >= 0.6 is 0 Å². The third-order valence-electron chi connectivity index (χ3n) is 3.53. The molecule has 0 unspecified atom stereocenters. The predicted molar refractivity (Wildman–Crippen MR) is 100 cm³/mol. The summed E-state index contributed by atoms with van der Waals surface area (Å²) in [6.07, 6.45) is 0.834. The largest absolute Gasteiger partial charge is 0.496 e. The van der Waals surface area contributed by atoms with E-state index in [0.29, 0.717) is 25.7 Å². The van der Waals surface area contributed by atoms with Gasteiger partial charge < -0.3 is 25.4 Å². The van der Waals surface area contributed by atoms with Gasteiger partial charge >= 0.3 is 0 Å². The van der Waals surface area contributed by atoms with Crippen molar-refractivity contribution >= 4 is 11.9 Å². The number of benzene rings is 1. The van der Waals surface area contributed by atoms with Crippen LogP contribution in [0.4, 0.5) is 0 Å². The van der Waals surface area contributed by atoms with Crippen LogP contribution in [-0.4, -0.2) is 58.9 Å². The average molecular weight is 350 g/mol. The molecule has 0 radical (unpaired) electrons. The first-order valence-electron chi connectivity index (χ1n) is 8.52. The van der Waals surface area contributed by atoms with E-state index in [1.165, 1.54) is 5.56 Å². The minimum atomic E-state index is -0.127. The number of hydrogen-bond donors (Lipinski definition) is 3. The number of aliphatic imine (C=N–C) groups is 1. The van der Waals surface area contributed by atoms with Crippen molar-refractivity contribution in [1.82, 2.24) is 16.0 Å². The highest BCUT2D eigenvalue weighted by Gasteiger charge is 2.03. The van der Waals surface area contributed by atoms with E-state index in [-0.39, 0.29) is 12.5 Å². The third kappa shape index (κ3) is 8.39. The van der Waals surface area contributed by atoms with Crippen LogP contribution in [0.25, 0.3) is 0 Å². The van der Waals surface area contributed by atoms with Crippen LogP contribution in [0.5, 0.6) is 5.75 Å². The molecular formula is C18H30N4O3. The molecule has 0 spiro atoms. The molecule has 1 aromatic carbocycles. The molecule has 0 bridgehead atoms. The highest BCUT2D eigenvalue weighted by molar-refractivity contribution is 5.84. The number of guanidine groups is 1. The number of rotatable bonds is 10. The fraction of sp³-hybridized carbons (Fsp3) is 0.556. The Morgan fingerprint density at radius 1 is 1.16 bits per heavy atom. The summed E-state index contributed by atoms with van der Waals surface area (Å²) < 4.78 is 10.2. The minimum Gasteiger partial charge on any atom is -0.496 e. The zero-order valence-electron chi connectivity index (χ0n) is 15.6. The van der Waals surface area contributed by atoms with E-state index in [1.54, 1.807) is 14.2 Å². The number of amides is 1. The smallest absolute Gasteiger partial charge is 0.241 e. The molecule has 0 fully saturated rings. The average Bonchev–Trinajstić information content (AvgIpc) is 2.61. The Bertz CT molecular complexity index is 561. The Kier molecular flexibility index (Phi) is 10.1. The fourth-order valence-electron chi connectivity index (χ4n) is 2.19. The van der Waals surface area contributed by atoms with E-state index in [9.17, 15) is 4.79 Å². The summed E-state index contributed by atoms with van der Waals surface area (Å²) in [7, 11) is 3.28. The fourth-order valence-corrected chi connectivity index (χ4v) is 2.19. The van der Waals surface area contributed by atoms with E-state index in [4.69, 9.17) is 9.47 Å². The Balaban J connectivity index is 2.46. The normalized spacial score (nSPS) is 11.1. The van der Waals surface area contributed by atoms with Crippen molar-refractivity contribution < 1.29 is 14.3 Å². The van der Waals surface area contributed by atoms with Crippen LogP contribution in [0.2, 0.25) is 0 Å². The summed E-state index contributed by atoms with van der Waals surface area (Å²) in [6, 6.07) is 6.19. The quantitative estimate of drug-likeness (QED) is 0.331. The lowest BCUT2D eigenvalue weighted by Crippen LogP contribution is -2.39. The molecule has 1 rings (SSSR count). The van der Waals surface area contributed by atoms with Gasteiger partial charge in [-0.1, -0.05) is 12.1 Å². The van der Waals surface area contributed by atoms with Gasteiger partial charge in [0.1, 0.15) is 12.3 Å². The summed E-state index contributed by atoms with van der Waals surface area (Å²) in [6.45, 7) is 6.52. The lowest BCUT2D eigenvalue weighted by atomic mass is 10.1. The standard InChI is InChI=1S/C18H30N4O3/c1-5-19-18(22-13-17(23)20-10-11-24-3)21-9-8-15-7-6-14(2)16(12-15)25-4/h6-7,12H,5,8-11,13H2,1-4H3,(H,20,23)(H2,19,21,22). The van der Waals surface area contributed by atoms with Crippen molar-refractivity contribution in [3.05, 3.63) is 29.3 Å². The maximum absolute atomic E-state index is 11.7. The highest BCUT2D eigenvalue weighted by Crippen LogP contribution is 2.18. The predicted octanol–water partition coefficient (Wildman–Crippen LogP) is 0.864. The van der Waals surface area contributed by atoms with Crippen LogP contribution in [0, 0.1) is 6.92 Å². The molecular weight excluding hydrogens is 320 g/mol. The lowest BCUT2D eigenvalue weighted by molar-refractivity contribution is -0.119. The molecule has 0 aliphatic heterocycles. The number of aryl methyl sites for hydroxylation is 1. The summed E-state index contributed by atoms with van der Waals surface area (Å²) in [5.41, 5.74) is 2.30. The van der Waals surface area contributed by atoms with Crippen molar-refractivity contribution in [2.75, 3.05) is 47.0 Å². The van der Waals surface area contributed by atoms with Gasteiger partial charge in [-0.25, -0.2) is 4.99 Å². The first-order valence-corrected chi connectivity index (χ1v) is 8.52. The van der Waals surface area contributed by atoms with Crippen LogP contribution in [0.15, 0.2) is 23.2 Å². The summed E-state index contributed by atoms with van der Waals surface area (Å²) >= 11 is 0. The van der Waals surface area contributed by atoms with Crippen molar-refractivity contribution in [3.63, 3.8) is 0 Å². The zero-order valence-corrected chi connectivity index (χ0v) is 15.6. The van der Waals surface area contributed by atoms with E-state index in [2.05, 4.69) is 33.1 Å². The first kappa shape index (κ1) is 20.8. The van der Waals surface area contributed by atoms with Crippen LogP contribution < -0.4 is 20.7 Å². The first-order chi connectivity index (χ1) is 12.1. The second kappa shape index (κ2) is 12.1. The number of ether oxygens (including phenoxy) is 2. The number of carbonyl (C=O) groups is 1. The molecule has 0 aromatic heterocycles. The van der Waals surface area contributed by atoms with E-state index in [0.717, 1.165) is 24.3 Å². The molecule has 25 heavy (non-hydrogen) atoms. The molecule has 7 nitrogen and oxygen atoms in total. The zero-order chi connectivity index (χ0) is 18.5. The topological polar surface area (TPSA) is 84.0 Å². The summed E-state index contributed by atoms with van der Waals surface area (Å²) in [5.74, 6) is 1.40. The van der Waals surface area contributed by atoms with Crippen molar-refractivity contribution in [1.29, 1.82) is 0 Å². The third-order valence-corrected chi connectivity index (χ3v) is 3.53. The number of carbonyl (C=O) groups excluding carboxylic acids is 1. The SMILES string of the molecule is CCNC(=NCC(=O)NCCOC)NCCc1ccc(C)c(OC)c1. The van der Waals surface area contributed by atoms with Gasteiger partial charge in [0.05, 0.1) is 13.7 Å². The summed E-state index contributed by atoms with van der Waals surface area (Å²) in [4.78, 5) is 16.0. The Morgan fingerprint density at radius 2 is 1.96 bits per heavy atom. The number of nitrogens with zero attached hydrogens (tertiary/aromatic N) is 1. The molecule has 7 heteroatoms. The van der Waals surface area contributed by atoms with Crippen molar-refractivity contribution in [2.45, 2.75) is 20.3 Å². The molecule has 0 atom stereocenters. The Labute approximate surface area is 150 Å². The second-order valence-electron chi connectivity index (χ2n) is 5.52. The Hall–Kier alpha value is -2.28. The van der Waals surface area contributed by atoms with Crippen LogP contribution in [-0.2, 0) is 16.0 Å². The second-order valence-corrected chi connectivity index (χ2v) is 5.52.